The first-order chi connectivity index (χ1) is 21.3. The largest absolute Gasteiger partial charge is 0.456 e. The van der Waals surface area contributed by atoms with Gasteiger partial charge < -0.3 is 9.30 Å². The van der Waals surface area contributed by atoms with Gasteiger partial charge in [-0.2, -0.15) is 0 Å². The molecule has 0 radical (unpaired) electrons. The molecule has 4 heterocycles. The third-order valence-corrected chi connectivity index (χ3v) is 8.72. The zero-order valence-electron chi connectivity index (χ0n) is 22.9. The van der Waals surface area contributed by atoms with Gasteiger partial charge in [0.2, 0.25) is 5.95 Å². The number of ether oxygens (including phenoxy) is 1. The standard InChI is InChI=1S/C38H22N4O/c1-2-11-23(12-3-1)41-30-17-7-4-13-24(30)26-21-22-27-25-14-5-8-18-31(25)42(37(27)36(26)41)38-39-29-16-10-20-33-34(29)35(40-38)28-15-6-9-19-32(28)43-33/h1-22H. The van der Waals surface area contributed by atoms with E-state index in [0.29, 0.717) is 5.95 Å². The Bertz CT molecular complexity index is 2590. The fourth-order valence-electron chi connectivity index (χ4n) is 6.94. The monoisotopic (exact) mass is 550 g/mol. The second-order valence-corrected chi connectivity index (χ2v) is 11.0. The molecule has 0 aliphatic carbocycles. The van der Waals surface area contributed by atoms with E-state index in [1.54, 1.807) is 0 Å². The minimum Gasteiger partial charge on any atom is -0.456 e. The Morgan fingerprint density at radius 3 is 1.88 bits per heavy atom. The summed E-state index contributed by atoms with van der Waals surface area (Å²) in [7, 11) is 0. The van der Waals surface area contributed by atoms with Crippen LogP contribution in [0.25, 0.3) is 77.4 Å². The molecule has 0 fully saturated rings. The lowest BCUT2D eigenvalue weighted by Crippen LogP contribution is -2.07. The molecule has 5 heteroatoms. The predicted molar refractivity (Wildman–Crippen MR) is 174 cm³/mol. The highest BCUT2D eigenvalue weighted by Crippen LogP contribution is 2.46. The van der Waals surface area contributed by atoms with Gasteiger partial charge in [-0.25, -0.2) is 9.97 Å². The normalized spacial score (nSPS) is 12.4. The molecule has 1 aliphatic rings. The van der Waals surface area contributed by atoms with E-state index in [1.807, 2.05) is 30.3 Å². The number of rotatable bonds is 2. The van der Waals surface area contributed by atoms with Crippen molar-refractivity contribution in [3.63, 3.8) is 0 Å². The number of hydrogen-bond donors (Lipinski definition) is 0. The fraction of sp³-hybridized carbons (Fsp3) is 0. The molecule has 0 saturated heterocycles. The zero-order chi connectivity index (χ0) is 28.1. The fourth-order valence-corrected chi connectivity index (χ4v) is 6.94. The van der Waals surface area contributed by atoms with E-state index in [1.165, 1.54) is 21.7 Å². The van der Waals surface area contributed by atoms with Gasteiger partial charge in [0.15, 0.2) is 0 Å². The molecule has 1 aliphatic heterocycles. The average molecular weight is 551 g/mol. The highest BCUT2D eigenvalue weighted by Gasteiger charge is 2.26. The second kappa shape index (κ2) is 8.30. The van der Waals surface area contributed by atoms with Crippen LogP contribution in [0.4, 0.5) is 0 Å². The van der Waals surface area contributed by atoms with Crippen LogP contribution >= 0.6 is 0 Å². The van der Waals surface area contributed by atoms with Crippen molar-refractivity contribution in [2.75, 3.05) is 0 Å². The number of para-hydroxylation sites is 4. The Kier molecular flexibility index (Phi) is 4.39. The SMILES string of the molecule is c1ccc(-n2c3ccccc3c3ccc4c5ccccc5n(-c5nc6c7c(cccc7n5)Oc5ccccc5-6)c4c32)cc1. The molecule has 0 N–H and O–H groups in total. The quantitative estimate of drug-likeness (QED) is 0.215. The summed E-state index contributed by atoms with van der Waals surface area (Å²) in [6.45, 7) is 0. The van der Waals surface area contributed by atoms with E-state index < -0.39 is 0 Å². The van der Waals surface area contributed by atoms with E-state index >= 15 is 0 Å². The van der Waals surface area contributed by atoms with Crippen molar-refractivity contribution in [1.29, 1.82) is 0 Å². The Hall–Kier alpha value is -5.94. The summed E-state index contributed by atoms with van der Waals surface area (Å²) in [5.74, 6) is 2.23. The molecule has 0 unspecified atom stereocenters. The van der Waals surface area contributed by atoms with Crippen molar-refractivity contribution < 1.29 is 4.74 Å². The van der Waals surface area contributed by atoms with Gasteiger partial charge in [0.05, 0.1) is 38.7 Å². The van der Waals surface area contributed by atoms with Gasteiger partial charge in [-0.1, -0.05) is 84.9 Å². The van der Waals surface area contributed by atoms with Crippen LogP contribution in [0.5, 0.6) is 11.5 Å². The topological polar surface area (TPSA) is 44.9 Å². The van der Waals surface area contributed by atoms with Gasteiger partial charge in [-0.15, -0.1) is 0 Å². The van der Waals surface area contributed by atoms with E-state index in [-0.39, 0.29) is 0 Å². The Morgan fingerprint density at radius 2 is 1.09 bits per heavy atom. The van der Waals surface area contributed by atoms with E-state index in [4.69, 9.17) is 14.7 Å². The number of hydrogen-bond acceptors (Lipinski definition) is 3. The van der Waals surface area contributed by atoms with Crippen LogP contribution in [-0.2, 0) is 0 Å². The van der Waals surface area contributed by atoms with Gasteiger partial charge in [0.25, 0.3) is 0 Å². The first kappa shape index (κ1) is 22.7. The van der Waals surface area contributed by atoms with E-state index in [0.717, 1.165) is 61.3 Å². The lowest BCUT2D eigenvalue weighted by atomic mass is 10.0. The van der Waals surface area contributed by atoms with Crippen LogP contribution in [0.2, 0.25) is 0 Å². The molecular formula is C38H22N4O. The van der Waals surface area contributed by atoms with E-state index in [2.05, 4.69) is 112 Å². The molecule has 6 aromatic carbocycles. The molecule has 43 heavy (non-hydrogen) atoms. The summed E-state index contributed by atoms with van der Waals surface area (Å²) < 4.78 is 10.9. The highest BCUT2D eigenvalue weighted by molar-refractivity contribution is 6.23. The van der Waals surface area contributed by atoms with Crippen molar-refractivity contribution >= 4 is 54.5 Å². The van der Waals surface area contributed by atoms with Gasteiger partial charge in [0, 0.05) is 32.8 Å². The van der Waals surface area contributed by atoms with Gasteiger partial charge >= 0.3 is 0 Å². The van der Waals surface area contributed by atoms with Crippen molar-refractivity contribution in [1.82, 2.24) is 19.1 Å². The molecule has 9 aromatic rings. The van der Waals surface area contributed by atoms with Crippen LogP contribution in [0.15, 0.2) is 133 Å². The summed E-state index contributed by atoms with van der Waals surface area (Å²) in [6, 6.07) is 46.5. The van der Waals surface area contributed by atoms with Gasteiger partial charge in [0.1, 0.15) is 11.5 Å². The maximum absolute atomic E-state index is 6.29. The lowest BCUT2D eigenvalue weighted by Gasteiger charge is -2.21. The number of nitrogens with zero attached hydrogens (tertiary/aromatic N) is 4. The first-order valence-corrected chi connectivity index (χ1v) is 14.4. The minimum atomic E-state index is 0.639. The maximum atomic E-state index is 6.29. The first-order valence-electron chi connectivity index (χ1n) is 14.4. The van der Waals surface area contributed by atoms with E-state index in [9.17, 15) is 0 Å². The van der Waals surface area contributed by atoms with Crippen LogP contribution in [-0.4, -0.2) is 19.1 Å². The molecule has 0 atom stereocenters. The smallest absolute Gasteiger partial charge is 0.235 e. The number of fused-ring (bicyclic) bond motifs is 9. The Labute approximate surface area is 245 Å². The highest BCUT2D eigenvalue weighted by atomic mass is 16.5. The van der Waals surface area contributed by atoms with Crippen molar-refractivity contribution in [2.45, 2.75) is 0 Å². The summed E-state index contributed by atoms with van der Waals surface area (Å²) in [5.41, 5.74) is 8.28. The summed E-state index contributed by atoms with van der Waals surface area (Å²) >= 11 is 0. The lowest BCUT2D eigenvalue weighted by molar-refractivity contribution is 0.486. The maximum Gasteiger partial charge on any atom is 0.235 e. The Morgan fingerprint density at radius 1 is 0.465 bits per heavy atom. The number of benzene rings is 6. The third-order valence-electron chi connectivity index (χ3n) is 8.72. The Balaban J connectivity index is 1.43. The molecule has 0 saturated carbocycles. The molecular weight excluding hydrogens is 528 g/mol. The van der Waals surface area contributed by atoms with Crippen molar-refractivity contribution in [3.05, 3.63) is 133 Å². The molecule has 0 amide bonds. The van der Waals surface area contributed by atoms with Crippen LogP contribution in [0, 0.1) is 0 Å². The molecule has 200 valence electrons. The van der Waals surface area contributed by atoms with Gasteiger partial charge in [-0.3, -0.25) is 4.57 Å². The second-order valence-electron chi connectivity index (χ2n) is 11.0. The molecule has 10 rings (SSSR count). The molecule has 5 nitrogen and oxygen atoms in total. The molecule has 0 spiro atoms. The predicted octanol–water partition coefficient (Wildman–Crippen LogP) is 9.60. The van der Waals surface area contributed by atoms with Gasteiger partial charge in [-0.05, 0) is 48.5 Å². The summed E-state index contributed by atoms with van der Waals surface area (Å²) in [6.07, 6.45) is 0. The average Bonchev–Trinajstić information content (AvgIpc) is 3.58. The summed E-state index contributed by atoms with van der Waals surface area (Å²) in [4.78, 5) is 10.6. The van der Waals surface area contributed by atoms with Crippen LogP contribution in [0.3, 0.4) is 0 Å². The minimum absolute atomic E-state index is 0.639. The molecule has 0 bridgehead atoms. The zero-order valence-corrected chi connectivity index (χ0v) is 22.9. The van der Waals surface area contributed by atoms with Crippen LogP contribution < -0.4 is 4.74 Å². The van der Waals surface area contributed by atoms with Crippen molar-refractivity contribution in [2.24, 2.45) is 0 Å². The third kappa shape index (κ3) is 3.00. The summed E-state index contributed by atoms with van der Waals surface area (Å²) in [5, 5.41) is 5.68. The van der Waals surface area contributed by atoms with Crippen molar-refractivity contribution in [3.8, 4) is 34.4 Å². The number of aromatic nitrogens is 4. The van der Waals surface area contributed by atoms with Crippen LogP contribution in [0.1, 0.15) is 0 Å². The molecule has 3 aromatic heterocycles.